The highest BCUT2D eigenvalue weighted by Crippen LogP contribution is 2.07. The van der Waals surface area contributed by atoms with Crippen molar-refractivity contribution in [1.29, 1.82) is 0 Å². The Morgan fingerprint density at radius 2 is 2.10 bits per heavy atom. The van der Waals surface area contributed by atoms with E-state index in [4.69, 9.17) is 4.52 Å². The smallest absolute Gasteiger partial charge is 0.248 e. The van der Waals surface area contributed by atoms with Crippen LogP contribution in [0.3, 0.4) is 0 Å². The Balaban J connectivity index is 1.69. The maximum Gasteiger partial charge on any atom is 0.248 e. The van der Waals surface area contributed by atoms with Crippen LogP contribution in [-0.4, -0.2) is 31.4 Å². The molecule has 7 heteroatoms. The first-order valence-electron chi connectivity index (χ1n) is 6.04. The van der Waals surface area contributed by atoms with Crippen LogP contribution in [0.2, 0.25) is 0 Å². The normalized spacial score (nSPS) is 10.6. The first kappa shape index (κ1) is 12.2. The number of carbonyl (C=O) groups is 1. The SMILES string of the molecule is O=Cc1cn(Cc2nc(Cc3ccccc3)no2)nn1. The third-order valence-corrected chi connectivity index (χ3v) is 2.69. The van der Waals surface area contributed by atoms with Gasteiger partial charge >= 0.3 is 0 Å². The molecule has 2 heterocycles. The van der Waals surface area contributed by atoms with Gasteiger partial charge in [0.2, 0.25) is 5.89 Å². The molecule has 0 aliphatic rings. The summed E-state index contributed by atoms with van der Waals surface area (Å²) in [5, 5.41) is 11.4. The standard InChI is InChI=1S/C13H11N5O2/c19-9-11-7-18(17-15-11)8-13-14-12(16-20-13)6-10-4-2-1-3-5-10/h1-5,7,9H,6,8H2. The van der Waals surface area contributed by atoms with Crippen molar-refractivity contribution < 1.29 is 9.32 Å². The predicted molar refractivity (Wildman–Crippen MR) is 68.1 cm³/mol. The number of nitrogens with zero attached hydrogens (tertiary/aromatic N) is 5. The number of hydrogen-bond acceptors (Lipinski definition) is 6. The molecule has 0 aliphatic heterocycles. The molecule has 0 aliphatic carbocycles. The lowest BCUT2D eigenvalue weighted by molar-refractivity contribution is 0.111. The zero-order chi connectivity index (χ0) is 13.8. The van der Waals surface area contributed by atoms with E-state index < -0.39 is 0 Å². The van der Waals surface area contributed by atoms with E-state index >= 15 is 0 Å². The molecule has 20 heavy (non-hydrogen) atoms. The lowest BCUT2D eigenvalue weighted by atomic mass is 10.1. The highest BCUT2D eigenvalue weighted by molar-refractivity contribution is 5.70. The van der Waals surface area contributed by atoms with Crippen LogP contribution in [0.1, 0.15) is 27.8 Å². The molecule has 0 bridgehead atoms. The van der Waals surface area contributed by atoms with Crippen LogP contribution >= 0.6 is 0 Å². The summed E-state index contributed by atoms with van der Waals surface area (Å²) in [5.74, 6) is 1.04. The number of carbonyl (C=O) groups excluding carboxylic acids is 1. The van der Waals surface area contributed by atoms with E-state index in [-0.39, 0.29) is 5.69 Å². The molecule has 3 aromatic rings. The summed E-state index contributed by atoms with van der Waals surface area (Å²) in [7, 11) is 0. The van der Waals surface area contributed by atoms with Crippen molar-refractivity contribution in [1.82, 2.24) is 25.1 Å². The second-order valence-electron chi connectivity index (χ2n) is 4.23. The van der Waals surface area contributed by atoms with Gasteiger partial charge in [0, 0.05) is 6.42 Å². The molecule has 3 rings (SSSR count). The summed E-state index contributed by atoms with van der Waals surface area (Å²) in [5.41, 5.74) is 1.39. The molecule has 0 saturated carbocycles. The molecule has 0 spiro atoms. The zero-order valence-corrected chi connectivity index (χ0v) is 10.5. The summed E-state index contributed by atoms with van der Waals surface area (Å²) < 4.78 is 6.62. The molecule has 1 aromatic carbocycles. The van der Waals surface area contributed by atoms with Crippen molar-refractivity contribution in [3.63, 3.8) is 0 Å². The molecular formula is C13H11N5O2. The van der Waals surface area contributed by atoms with Gasteiger partial charge in [0.05, 0.1) is 6.20 Å². The summed E-state index contributed by atoms with van der Waals surface area (Å²) in [6.07, 6.45) is 2.77. The van der Waals surface area contributed by atoms with Crippen LogP contribution in [0.5, 0.6) is 0 Å². The van der Waals surface area contributed by atoms with Crippen molar-refractivity contribution >= 4 is 6.29 Å². The average molecular weight is 269 g/mol. The van der Waals surface area contributed by atoms with Gasteiger partial charge in [-0.3, -0.25) is 4.79 Å². The molecule has 100 valence electrons. The Labute approximate surface area is 114 Å². The predicted octanol–water partition coefficient (Wildman–Crippen LogP) is 1.11. The number of benzene rings is 1. The maximum absolute atomic E-state index is 10.5. The Morgan fingerprint density at radius 3 is 2.85 bits per heavy atom. The summed E-state index contributed by atoms with van der Waals surface area (Å²) in [6.45, 7) is 0.294. The lowest BCUT2D eigenvalue weighted by Crippen LogP contribution is -2.01. The van der Waals surface area contributed by atoms with Gasteiger partial charge in [-0.1, -0.05) is 40.7 Å². The van der Waals surface area contributed by atoms with Gasteiger partial charge in [0.25, 0.3) is 0 Å². The quantitative estimate of drug-likeness (QED) is 0.645. The van der Waals surface area contributed by atoms with E-state index in [1.54, 1.807) is 0 Å². The van der Waals surface area contributed by atoms with Crippen LogP contribution in [0, 0.1) is 0 Å². The number of rotatable bonds is 5. The fourth-order valence-corrected chi connectivity index (χ4v) is 1.79. The molecule has 0 radical (unpaired) electrons. The van der Waals surface area contributed by atoms with Gasteiger partial charge in [-0.05, 0) is 5.56 Å². The minimum Gasteiger partial charge on any atom is -0.337 e. The van der Waals surface area contributed by atoms with Gasteiger partial charge in [-0.15, -0.1) is 5.10 Å². The molecule has 0 N–H and O–H groups in total. The summed E-state index contributed by atoms with van der Waals surface area (Å²) >= 11 is 0. The van der Waals surface area contributed by atoms with Gasteiger partial charge in [-0.2, -0.15) is 4.98 Å². The first-order chi connectivity index (χ1) is 9.83. The monoisotopic (exact) mass is 269 g/mol. The molecule has 0 saturated heterocycles. The van der Waals surface area contributed by atoms with Crippen molar-refractivity contribution in [2.75, 3.05) is 0 Å². The topological polar surface area (TPSA) is 86.7 Å². The zero-order valence-electron chi connectivity index (χ0n) is 10.5. The lowest BCUT2D eigenvalue weighted by Gasteiger charge is -1.94. The van der Waals surface area contributed by atoms with Crippen molar-refractivity contribution in [3.8, 4) is 0 Å². The van der Waals surface area contributed by atoms with Crippen LogP contribution < -0.4 is 0 Å². The summed E-state index contributed by atoms with van der Waals surface area (Å²) in [4.78, 5) is 14.8. The second kappa shape index (κ2) is 5.43. The fraction of sp³-hybridized carbons (Fsp3) is 0.154. The van der Waals surface area contributed by atoms with Gasteiger partial charge in [-0.25, -0.2) is 4.68 Å². The van der Waals surface area contributed by atoms with Gasteiger partial charge in [0.1, 0.15) is 12.2 Å². The minimum atomic E-state index is 0.272. The van der Waals surface area contributed by atoms with E-state index in [1.165, 1.54) is 10.9 Å². The third-order valence-electron chi connectivity index (χ3n) is 2.69. The Hall–Kier alpha value is -2.83. The van der Waals surface area contributed by atoms with Crippen LogP contribution in [0.25, 0.3) is 0 Å². The number of aromatic nitrogens is 5. The van der Waals surface area contributed by atoms with Gasteiger partial charge in [0.15, 0.2) is 12.1 Å². The Morgan fingerprint density at radius 1 is 1.25 bits per heavy atom. The largest absolute Gasteiger partial charge is 0.337 e. The Kier molecular flexibility index (Phi) is 3.32. The van der Waals surface area contributed by atoms with E-state index in [1.807, 2.05) is 30.3 Å². The average Bonchev–Trinajstić information content (AvgIpc) is 3.10. The van der Waals surface area contributed by atoms with E-state index in [0.717, 1.165) is 5.56 Å². The maximum atomic E-state index is 10.5. The van der Waals surface area contributed by atoms with Gasteiger partial charge < -0.3 is 4.52 Å². The van der Waals surface area contributed by atoms with E-state index in [2.05, 4.69) is 20.5 Å². The van der Waals surface area contributed by atoms with E-state index in [9.17, 15) is 4.79 Å². The molecule has 0 unspecified atom stereocenters. The molecule has 0 fully saturated rings. The van der Waals surface area contributed by atoms with Crippen molar-refractivity contribution in [2.24, 2.45) is 0 Å². The molecular weight excluding hydrogens is 258 g/mol. The number of aldehydes is 1. The summed E-state index contributed by atoms with van der Waals surface area (Å²) in [6, 6.07) is 9.90. The minimum absolute atomic E-state index is 0.272. The highest BCUT2D eigenvalue weighted by atomic mass is 16.5. The second-order valence-corrected chi connectivity index (χ2v) is 4.23. The third kappa shape index (κ3) is 2.77. The molecule has 0 atom stereocenters. The van der Waals surface area contributed by atoms with Crippen molar-refractivity contribution in [3.05, 3.63) is 59.5 Å². The van der Waals surface area contributed by atoms with Crippen LogP contribution in [-0.2, 0) is 13.0 Å². The highest BCUT2D eigenvalue weighted by Gasteiger charge is 2.09. The molecule has 2 aromatic heterocycles. The first-order valence-corrected chi connectivity index (χ1v) is 6.04. The molecule has 0 amide bonds. The van der Waals surface area contributed by atoms with Crippen LogP contribution in [0.4, 0.5) is 0 Å². The Bertz CT molecular complexity index is 704. The van der Waals surface area contributed by atoms with E-state index in [0.29, 0.717) is 31.0 Å². The van der Waals surface area contributed by atoms with Crippen LogP contribution in [0.15, 0.2) is 41.1 Å². The molecule has 7 nitrogen and oxygen atoms in total. The van der Waals surface area contributed by atoms with Crippen molar-refractivity contribution in [2.45, 2.75) is 13.0 Å². The number of hydrogen-bond donors (Lipinski definition) is 0. The fourth-order valence-electron chi connectivity index (χ4n) is 1.79.